The Morgan fingerprint density at radius 3 is 2.66 bits per heavy atom. The molecule has 0 aliphatic carbocycles. The summed E-state index contributed by atoms with van der Waals surface area (Å²) in [7, 11) is 3.63. The number of alkyl halides is 2. The number of amides is 1. The van der Waals surface area contributed by atoms with Gasteiger partial charge in [-0.05, 0) is 24.6 Å². The molecule has 1 aliphatic rings. The Hall–Kier alpha value is -4.13. The summed E-state index contributed by atoms with van der Waals surface area (Å²) in [6.07, 6.45) is 4.93. The van der Waals surface area contributed by atoms with E-state index < -0.39 is 5.92 Å². The number of rotatable bonds is 8. The van der Waals surface area contributed by atoms with Crippen LogP contribution in [0.15, 0.2) is 36.8 Å². The van der Waals surface area contributed by atoms with Crippen molar-refractivity contribution in [2.75, 3.05) is 36.8 Å². The molecule has 200 valence electrons. The van der Waals surface area contributed by atoms with E-state index in [1.807, 2.05) is 31.1 Å². The molecular formula is C25H30F2N10O. The number of hydrogen-bond acceptors (Lipinski definition) is 8. The fourth-order valence-corrected chi connectivity index (χ4v) is 4.36. The van der Waals surface area contributed by atoms with Gasteiger partial charge in [0.05, 0.1) is 17.3 Å². The zero-order chi connectivity index (χ0) is 26.9. The van der Waals surface area contributed by atoms with Crippen molar-refractivity contribution >= 4 is 40.1 Å². The minimum atomic E-state index is -2.57. The van der Waals surface area contributed by atoms with Gasteiger partial charge in [0.15, 0.2) is 11.5 Å². The third-order valence-electron chi connectivity index (χ3n) is 6.60. The maximum Gasteiger partial charge on any atom is 0.251 e. The normalized spacial score (nSPS) is 15.5. The molecule has 0 saturated carbocycles. The Bertz CT molecular complexity index is 1450. The summed E-state index contributed by atoms with van der Waals surface area (Å²) in [5.74, 6) is -1.81. The smallest absolute Gasteiger partial charge is 0.251 e. The van der Waals surface area contributed by atoms with E-state index in [0.717, 1.165) is 22.3 Å². The molecule has 5 rings (SSSR count). The van der Waals surface area contributed by atoms with Crippen LogP contribution < -0.4 is 16.0 Å². The maximum absolute atomic E-state index is 13.3. The van der Waals surface area contributed by atoms with Gasteiger partial charge in [0.1, 0.15) is 0 Å². The van der Waals surface area contributed by atoms with E-state index >= 15 is 0 Å². The number of carbonyl (C=O) groups is 1. The molecule has 3 N–H and O–H groups in total. The number of likely N-dealkylation sites (tertiary alicyclic amines) is 1. The van der Waals surface area contributed by atoms with Crippen LogP contribution in [0.2, 0.25) is 0 Å². The Balaban J connectivity index is 1.25. The molecule has 3 aromatic heterocycles. The summed E-state index contributed by atoms with van der Waals surface area (Å²) in [6, 6.07) is 5.39. The van der Waals surface area contributed by atoms with Crippen LogP contribution in [0.4, 0.5) is 31.9 Å². The highest BCUT2D eigenvalue weighted by Crippen LogP contribution is 2.28. The largest absolute Gasteiger partial charge is 0.351 e. The number of aryl methyl sites for hydroxylation is 3. The highest BCUT2D eigenvalue weighted by Gasteiger charge is 2.33. The molecule has 4 aromatic rings. The number of halogens is 2. The summed E-state index contributed by atoms with van der Waals surface area (Å²) >= 11 is 0. The van der Waals surface area contributed by atoms with Crippen molar-refractivity contribution in [1.82, 2.24) is 39.7 Å². The van der Waals surface area contributed by atoms with Gasteiger partial charge in [0.2, 0.25) is 5.95 Å². The van der Waals surface area contributed by atoms with Crippen molar-refractivity contribution in [3.63, 3.8) is 0 Å². The zero-order valence-corrected chi connectivity index (χ0v) is 21.5. The van der Waals surface area contributed by atoms with Crippen molar-refractivity contribution in [1.29, 1.82) is 0 Å². The van der Waals surface area contributed by atoms with E-state index in [2.05, 4.69) is 36.1 Å². The van der Waals surface area contributed by atoms with E-state index in [1.54, 1.807) is 40.9 Å². The molecule has 0 spiro atoms. The van der Waals surface area contributed by atoms with E-state index in [9.17, 15) is 13.6 Å². The van der Waals surface area contributed by atoms with Crippen molar-refractivity contribution in [3.05, 3.63) is 47.9 Å². The van der Waals surface area contributed by atoms with Crippen LogP contribution in [-0.2, 0) is 14.1 Å². The van der Waals surface area contributed by atoms with Crippen LogP contribution >= 0.6 is 0 Å². The van der Waals surface area contributed by atoms with E-state index in [1.165, 1.54) is 0 Å². The summed E-state index contributed by atoms with van der Waals surface area (Å²) in [5, 5.41) is 18.8. The van der Waals surface area contributed by atoms with Crippen molar-refractivity contribution < 1.29 is 13.6 Å². The first-order valence-corrected chi connectivity index (χ1v) is 12.4. The van der Waals surface area contributed by atoms with Crippen molar-refractivity contribution in [3.8, 4) is 0 Å². The summed E-state index contributed by atoms with van der Waals surface area (Å²) in [6.45, 7) is 3.54. The van der Waals surface area contributed by atoms with Gasteiger partial charge in [-0.2, -0.15) is 15.2 Å². The zero-order valence-electron chi connectivity index (χ0n) is 21.5. The van der Waals surface area contributed by atoms with Crippen LogP contribution in [0.5, 0.6) is 0 Å². The Morgan fingerprint density at radius 1 is 1.13 bits per heavy atom. The third kappa shape index (κ3) is 5.72. The van der Waals surface area contributed by atoms with E-state index in [0.29, 0.717) is 49.2 Å². The second-order valence-corrected chi connectivity index (χ2v) is 9.54. The third-order valence-corrected chi connectivity index (χ3v) is 6.60. The van der Waals surface area contributed by atoms with Crippen LogP contribution in [-0.4, -0.2) is 72.4 Å². The van der Waals surface area contributed by atoms with Crippen LogP contribution in [0.1, 0.15) is 28.8 Å². The minimum Gasteiger partial charge on any atom is -0.351 e. The number of piperidine rings is 1. The van der Waals surface area contributed by atoms with Gasteiger partial charge in [-0.3, -0.25) is 9.48 Å². The number of carbonyl (C=O) groups excluding carboxylic acids is 1. The highest BCUT2D eigenvalue weighted by atomic mass is 19.3. The fraction of sp³-hybridized carbons (Fsp3) is 0.400. The average Bonchev–Trinajstić information content (AvgIpc) is 3.43. The lowest BCUT2D eigenvalue weighted by molar-refractivity contribution is -0.0547. The molecular weight excluding hydrogens is 494 g/mol. The van der Waals surface area contributed by atoms with Gasteiger partial charge in [-0.25, -0.2) is 18.4 Å². The summed E-state index contributed by atoms with van der Waals surface area (Å²) < 4.78 is 30.0. The number of benzene rings is 1. The summed E-state index contributed by atoms with van der Waals surface area (Å²) in [4.78, 5) is 23.7. The lowest BCUT2D eigenvalue weighted by Gasteiger charge is -2.31. The fourth-order valence-electron chi connectivity index (χ4n) is 4.36. The lowest BCUT2D eigenvalue weighted by Crippen LogP contribution is -2.43. The van der Waals surface area contributed by atoms with Gasteiger partial charge in [-0.15, -0.1) is 0 Å². The monoisotopic (exact) mass is 524 g/mol. The number of nitrogens with one attached hydrogen (secondary N) is 3. The average molecular weight is 525 g/mol. The quantitative estimate of drug-likeness (QED) is 0.321. The van der Waals surface area contributed by atoms with Gasteiger partial charge < -0.3 is 20.9 Å². The van der Waals surface area contributed by atoms with E-state index in [-0.39, 0.29) is 18.7 Å². The summed E-state index contributed by atoms with van der Waals surface area (Å²) in [5.41, 5.74) is 3.56. The minimum absolute atomic E-state index is 0.135. The Kier molecular flexibility index (Phi) is 6.93. The Labute approximate surface area is 218 Å². The molecule has 0 radical (unpaired) electrons. The molecule has 0 unspecified atom stereocenters. The Morgan fingerprint density at radius 2 is 1.92 bits per heavy atom. The molecule has 38 heavy (non-hydrogen) atoms. The predicted octanol–water partition coefficient (Wildman–Crippen LogP) is 3.35. The van der Waals surface area contributed by atoms with Crippen LogP contribution in [0, 0.1) is 6.92 Å². The molecule has 11 nitrogen and oxygen atoms in total. The second kappa shape index (κ2) is 10.3. The molecule has 1 fully saturated rings. The standard InChI is InChI=1S/C25H30F2N10O/c1-16-4-5-17(23(38)28-8-11-37-9-6-25(26,27)7-10-37)12-20(16)32-21-19-14-29-24(33-22(19)36(3)34-21)31-18-13-30-35(2)15-18/h4-5,12-15H,6-11H2,1-3H3,(H,28,38)(H,32,34)(H,29,31,33). The van der Waals surface area contributed by atoms with Crippen LogP contribution in [0.3, 0.4) is 0 Å². The predicted molar refractivity (Wildman–Crippen MR) is 140 cm³/mol. The molecule has 0 bridgehead atoms. The van der Waals surface area contributed by atoms with Gasteiger partial charge in [-0.1, -0.05) is 6.07 Å². The first-order chi connectivity index (χ1) is 18.2. The second-order valence-electron chi connectivity index (χ2n) is 9.54. The number of anilines is 4. The number of nitrogens with zero attached hydrogens (tertiary/aromatic N) is 7. The molecule has 0 atom stereocenters. The molecule has 1 amide bonds. The number of fused-ring (bicyclic) bond motifs is 1. The molecule has 1 saturated heterocycles. The van der Waals surface area contributed by atoms with Crippen molar-refractivity contribution in [2.24, 2.45) is 14.1 Å². The maximum atomic E-state index is 13.3. The molecule has 13 heteroatoms. The van der Waals surface area contributed by atoms with Gasteiger partial charge >= 0.3 is 0 Å². The molecule has 1 aliphatic heterocycles. The first kappa shape index (κ1) is 25.5. The van der Waals surface area contributed by atoms with Gasteiger partial charge in [0, 0.05) is 76.8 Å². The topological polar surface area (TPSA) is 118 Å². The number of aromatic nitrogens is 6. The first-order valence-electron chi connectivity index (χ1n) is 12.4. The molecule has 4 heterocycles. The van der Waals surface area contributed by atoms with Crippen LogP contribution in [0.25, 0.3) is 11.0 Å². The highest BCUT2D eigenvalue weighted by molar-refractivity contribution is 5.96. The molecule has 1 aromatic carbocycles. The SMILES string of the molecule is Cc1ccc(C(=O)NCCN2CCC(F)(F)CC2)cc1Nc1nn(C)c2nc(Nc3cnn(C)c3)ncc12. The van der Waals surface area contributed by atoms with E-state index in [4.69, 9.17) is 0 Å². The van der Waals surface area contributed by atoms with Crippen molar-refractivity contribution in [2.45, 2.75) is 25.7 Å². The lowest BCUT2D eigenvalue weighted by atomic mass is 10.1. The van der Waals surface area contributed by atoms with Gasteiger partial charge in [0.25, 0.3) is 11.8 Å². The number of hydrogen-bond donors (Lipinski definition) is 3.